The summed E-state index contributed by atoms with van der Waals surface area (Å²) in [6, 6.07) is -22.6. The molecule has 0 saturated heterocycles. The highest BCUT2D eigenvalue weighted by molar-refractivity contribution is 6.24. The maximum absolute atomic E-state index is 9.91. The van der Waals surface area contributed by atoms with Gasteiger partial charge in [0.25, 0.3) is 0 Å². The van der Waals surface area contributed by atoms with Crippen LogP contribution in [0.15, 0.2) is 174 Å². The maximum atomic E-state index is 9.91. The maximum Gasteiger partial charge on any atom is 0.136 e. The smallest absolute Gasteiger partial charge is 0.136 e. The van der Waals surface area contributed by atoms with Crippen molar-refractivity contribution in [3.8, 4) is 33.4 Å². The minimum absolute atomic E-state index is 0.394. The molecule has 10 aromatic rings. The van der Waals surface area contributed by atoms with Crippen molar-refractivity contribution < 1.29 is 41.4 Å². The van der Waals surface area contributed by atoms with Crippen molar-refractivity contribution in [2.45, 2.75) is 0 Å². The van der Waals surface area contributed by atoms with Crippen LogP contribution in [0.4, 0.5) is 0 Å². The molecule has 218 valence electrons. The third kappa shape index (κ3) is 3.97. The fraction of sp³-hybridized carbons (Fsp3) is 0. The third-order valence-electron chi connectivity index (χ3n) is 7.83. The summed E-state index contributed by atoms with van der Waals surface area (Å²) in [5.74, 6) is 0. The van der Waals surface area contributed by atoms with Crippen LogP contribution in [-0.4, -0.2) is 0 Å². The van der Waals surface area contributed by atoms with Crippen molar-refractivity contribution in [1.29, 1.82) is 0 Å². The summed E-state index contributed by atoms with van der Waals surface area (Å²) in [5, 5.41) is -5.76. The zero-order chi connectivity index (χ0) is 54.4. The Morgan fingerprint density at radius 3 is 1.62 bits per heavy atom. The summed E-state index contributed by atoms with van der Waals surface area (Å²) < 4.78 is 249. The van der Waals surface area contributed by atoms with Crippen molar-refractivity contribution in [3.05, 3.63) is 169 Å². The SMILES string of the molecule is [2H]c1cc(-c2c([2H])c([2H])c([2H])c3c([2H])c([2H])c([2H])c([2H])c23)c([2H])c(-c2c3c([2H])c([2H])c([2H])c([2H])c3c(-c3c([2H])c([2H])c4oc5c([2H])c([2H])c6c([2H])c([2H])c([2H])c([2H])c6c5c4c3[2H])c3c([2H])c([2H])c([2H])c([2H])c23)c1[2H]. The first-order valence-corrected chi connectivity index (χ1v) is 14.0. The van der Waals surface area contributed by atoms with Crippen LogP contribution in [-0.2, 0) is 0 Å². The molecule has 0 spiro atoms. The van der Waals surface area contributed by atoms with Gasteiger partial charge in [0.15, 0.2) is 0 Å². The van der Waals surface area contributed by atoms with E-state index in [4.69, 9.17) is 29.1 Å². The first-order valence-electron chi connectivity index (χ1n) is 27.5. The molecule has 10 rings (SSSR count). The lowest BCUT2D eigenvalue weighted by Crippen LogP contribution is -1.91. The highest BCUT2D eigenvalue weighted by Crippen LogP contribution is 2.46. The van der Waals surface area contributed by atoms with Crippen molar-refractivity contribution in [1.82, 2.24) is 0 Å². The van der Waals surface area contributed by atoms with E-state index in [0.29, 0.717) is 0 Å². The van der Waals surface area contributed by atoms with Gasteiger partial charge in [-0.3, -0.25) is 0 Å². The lowest BCUT2D eigenvalue weighted by molar-refractivity contribution is 0.669. The van der Waals surface area contributed by atoms with Gasteiger partial charge in [0.05, 0.1) is 37.0 Å². The predicted molar refractivity (Wildman–Crippen MR) is 200 cm³/mol. The Kier molecular flexibility index (Phi) is 2.37. The van der Waals surface area contributed by atoms with E-state index in [2.05, 4.69) is 0 Å². The second-order valence-corrected chi connectivity index (χ2v) is 10.3. The summed E-state index contributed by atoms with van der Waals surface area (Å²) >= 11 is 0. The number of furan rings is 1. The van der Waals surface area contributed by atoms with Crippen LogP contribution < -0.4 is 0 Å². The molecule has 0 aliphatic heterocycles. The molecule has 1 heteroatoms. The molecule has 0 aliphatic carbocycles. The number of benzene rings is 9. The van der Waals surface area contributed by atoms with Gasteiger partial charge >= 0.3 is 0 Å². The van der Waals surface area contributed by atoms with E-state index in [-0.39, 0.29) is 0 Å². The molecule has 0 fully saturated rings. The summed E-state index contributed by atoms with van der Waals surface area (Å²) in [7, 11) is 0. The van der Waals surface area contributed by atoms with Crippen LogP contribution in [0.3, 0.4) is 0 Å². The molecule has 47 heavy (non-hydrogen) atoms. The van der Waals surface area contributed by atoms with Gasteiger partial charge in [-0.2, -0.15) is 0 Å². The Morgan fingerprint density at radius 2 is 0.915 bits per heavy atom. The molecule has 0 radical (unpaired) electrons. The van der Waals surface area contributed by atoms with Gasteiger partial charge in [-0.1, -0.05) is 145 Å². The molecule has 1 aromatic heterocycles. The summed E-state index contributed by atoms with van der Waals surface area (Å²) in [6.07, 6.45) is 0. The standard InChI is InChI=1S/C46H28O/c1-3-16-34-29(11-1)13-10-22-35(34)31-14-9-15-32(27-31)44-37-18-5-7-20-39(37)45(40-21-8-6-19-38(40)44)33-24-25-42-41(28-33)46-36-17-4-2-12-30(36)23-26-43(46)47-42/h1-28H/i1D,2D,3D,4D,5D,6D,7D,8D,9D,10D,11D,12D,13D,15D,16D,17D,18D,19D,20D,21D,22D,23D,24D,25D,26D,27D,28D. The predicted octanol–water partition coefficient (Wildman–Crippen LogP) is 13.2. The number of hydrogen-bond acceptors (Lipinski definition) is 1. The highest BCUT2D eigenvalue weighted by Gasteiger charge is 2.19. The van der Waals surface area contributed by atoms with Crippen LogP contribution in [0.1, 0.15) is 37.0 Å². The van der Waals surface area contributed by atoms with Gasteiger partial charge in [-0.25, -0.2) is 0 Å². The van der Waals surface area contributed by atoms with Gasteiger partial charge in [0, 0.05) is 10.8 Å². The largest absolute Gasteiger partial charge is 0.456 e. The quantitative estimate of drug-likeness (QED) is 0.178. The molecule has 0 amide bonds. The monoisotopic (exact) mass is 623 g/mol. The second-order valence-electron chi connectivity index (χ2n) is 10.3. The van der Waals surface area contributed by atoms with E-state index in [1.54, 1.807) is 0 Å². The zero-order valence-electron chi connectivity index (χ0n) is 50.5. The average molecular weight is 624 g/mol. The van der Waals surface area contributed by atoms with Crippen LogP contribution in [0.5, 0.6) is 0 Å². The van der Waals surface area contributed by atoms with Crippen LogP contribution >= 0.6 is 0 Å². The first-order chi connectivity index (χ1) is 34.6. The number of hydrogen-bond donors (Lipinski definition) is 0. The molecule has 0 N–H and O–H groups in total. The fourth-order valence-electron chi connectivity index (χ4n) is 5.86. The third-order valence-corrected chi connectivity index (χ3v) is 7.83. The van der Waals surface area contributed by atoms with Gasteiger partial charge in [-0.15, -0.1) is 0 Å². The normalized spacial score (nSPS) is 19.9. The van der Waals surface area contributed by atoms with Crippen LogP contribution in [0.2, 0.25) is 0 Å². The number of fused-ring (bicyclic) bond motifs is 8. The molecule has 0 atom stereocenters. The van der Waals surface area contributed by atoms with Gasteiger partial charge in [0.1, 0.15) is 11.2 Å². The lowest BCUT2D eigenvalue weighted by Gasteiger charge is -2.18. The molecule has 0 saturated carbocycles. The Balaban J connectivity index is 1.50. The van der Waals surface area contributed by atoms with E-state index >= 15 is 0 Å². The molecule has 9 aromatic carbocycles. The fourth-order valence-corrected chi connectivity index (χ4v) is 5.86. The average Bonchev–Trinajstić information content (AvgIpc) is 3.79. The van der Waals surface area contributed by atoms with Crippen LogP contribution in [0, 0.1) is 0 Å². The minimum Gasteiger partial charge on any atom is -0.456 e. The summed E-state index contributed by atoms with van der Waals surface area (Å²) in [4.78, 5) is 0. The molecular formula is C46H28O. The Labute approximate surface area is 309 Å². The molecule has 1 heterocycles. The second kappa shape index (κ2) is 10.2. The lowest BCUT2D eigenvalue weighted by atomic mass is 9.85. The molecule has 1 nitrogen and oxygen atoms in total. The van der Waals surface area contributed by atoms with E-state index in [0.717, 1.165) is 6.07 Å². The zero-order valence-corrected chi connectivity index (χ0v) is 23.5. The molecule has 0 aliphatic rings. The number of rotatable bonds is 3. The van der Waals surface area contributed by atoms with E-state index in [9.17, 15) is 12.3 Å². The Bertz CT molecular complexity index is 4300. The molecule has 0 unspecified atom stereocenters. The van der Waals surface area contributed by atoms with Crippen molar-refractivity contribution in [2.24, 2.45) is 0 Å². The van der Waals surface area contributed by atoms with Gasteiger partial charge < -0.3 is 4.42 Å². The van der Waals surface area contributed by atoms with E-state index in [1.165, 1.54) is 0 Å². The summed E-state index contributed by atoms with van der Waals surface area (Å²) in [6.45, 7) is 0. The Morgan fingerprint density at radius 1 is 0.362 bits per heavy atom. The topological polar surface area (TPSA) is 13.1 Å². The van der Waals surface area contributed by atoms with Crippen molar-refractivity contribution in [2.75, 3.05) is 0 Å². The highest BCUT2D eigenvalue weighted by atomic mass is 16.3. The van der Waals surface area contributed by atoms with Gasteiger partial charge in [0.2, 0.25) is 0 Å². The molecular weight excluding hydrogens is 569 g/mol. The Hall–Kier alpha value is -6.18. The first kappa shape index (κ1) is 11.0. The summed E-state index contributed by atoms with van der Waals surface area (Å²) in [5.41, 5.74) is -5.27. The van der Waals surface area contributed by atoms with Gasteiger partial charge in [-0.05, 0) is 101 Å². The molecule has 0 bridgehead atoms. The van der Waals surface area contributed by atoms with Crippen LogP contribution in [0.25, 0.3) is 98.4 Å². The van der Waals surface area contributed by atoms with Crippen molar-refractivity contribution >= 4 is 65.0 Å². The van der Waals surface area contributed by atoms with E-state index < -0.39 is 262 Å². The van der Waals surface area contributed by atoms with Crippen molar-refractivity contribution in [3.63, 3.8) is 0 Å². The minimum atomic E-state index is -0.988. The van der Waals surface area contributed by atoms with E-state index in [1.807, 2.05) is 0 Å².